The number of rotatable bonds is 6. The Kier molecular flexibility index (Phi) is 9.55. The van der Waals surface area contributed by atoms with E-state index in [1.165, 1.54) is 0 Å². The quantitative estimate of drug-likeness (QED) is 0.266. The van der Waals surface area contributed by atoms with Crippen molar-refractivity contribution in [3.8, 4) is 11.5 Å². The Morgan fingerprint density at radius 3 is 0.727 bits per heavy atom. The SMILES string of the molecule is O=[N+]([O-])c1cc([N+](=O)[O-])c([O-])c([N+](=O)[O-])c1.O=[N+]([O-])c1cc([N+](=O)[O-])c([O-])c([N+](=O)[O-])c1.[Cd+2]. The van der Waals surface area contributed by atoms with Crippen molar-refractivity contribution in [1.82, 2.24) is 0 Å². The predicted octanol–water partition coefficient (Wildman–Crippen LogP) is 0.967. The molecular weight excluding hydrogens is 565 g/mol. The van der Waals surface area contributed by atoms with Crippen molar-refractivity contribution in [3.05, 3.63) is 85.0 Å². The summed E-state index contributed by atoms with van der Waals surface area (Å²) in [6.45, 7) is 0. The molecule has 0 atom stereocenters. The Labute approximate surface area is 197 Å². The van der Waals surface area contributed by atoms with Crippen LogP contribution in [0.15, 0.2) is 24.3 Å². The molecule has 0 saturated carbocycles. The summed E-state index contributed by atoms with van der Waals surface area (Å²) in [7, 11) is 0. The van der Waals surface area contributed by atoms with Gasteiger partial charge in [-0.1, -0.05) is 0 Å². The molecule has 0 N–H and O–H groups in total. The fourth-order valence-electron chi connectivity index (χ4n) is 1.92. The third-order valence-electron chi connectivity index (χ3n) is 3.28. The largest absolute Gasteiger partial charge is 2.00 e. The van der Waals surface area contributed by atoms with Gasteiger partial charge in [-0.05, 0) is 0 Å². The van der Waals surface area contributed by atoms with Gasteiger partial charge in [-0.25, -0.2) is 0 Å². The maximum absolute atomic E-state index is 11.1. The molecule has 0 aliphatic carbocycles. The number of hydrogen-bond acceptors (Lipinski definition) is 14. The smallest absolute Gasteiger partial charge is 0.863 e. The summed E-state index contributed by atoms with van der Waals surface area (Å²) in [6, 6.07) is 1.54. The summed E-state index contributed by atoms with van der Waals surface area (Å²) < 4.78 is 0. The van der Waals surface area contributed by atoms with E-state index in [0.29, 0.717) is 24.3 Å². The van der Waals surface area contributed by atoms with Crippen LogP contribution in [0.25, 0.3) is 0 Å². The number of benzene rings is 2. The van der Waals surface area contributed by atoms with Gasteiger partial charge in [0.25, 0.3) is 34.1 Å². The monoisotopic (exact) mass is 570 g/mol. The molecule has 2 aromatic rings. The fourth-order valence-corrected chi connectivity index (χ4v) is 1.92. The van der Waals surface area contributed by atoms with Gasteiger partial charge in [-0.15, -0.1) is 0 Å². The van der Waals surface area contributed by atoms with E-state index in [1.807, 2.05) is 0 Å². The number of nitro groups is 6. The minimum atomic E-state index is -1.46. The Hall–Kier alpha value is -4.64. The molecule has 2 aromatic carbocycles. The van der Waals surface area contributed by atoms with E-state index in [1.54, 1.807) is 0 Å². The molecule has 0 heterocycles. The van der Waals surface area contributed by atoms with Gasteiger partial charge in [-0.3, -0.25) is 60.7 Å². The van der Waals surface area contributed by atoms with Crippen LogP contribution in [0.3, 0.4) is 0 Å². The maximum atomic E-state index is 11.1. The van der Waals surface area contributed by atoms with Gasteiger partial charge < -0.3 is 10.2 Å². The summed E-state index contributed by atoms with van der Waals surface area (Å²) in [4.78, 5) is 55.0. The third-order valence-corrected chi connectivity index (χ3v) is 3.28. The minimum Gasteiger partial charge on any atom is -0.863 e. The first-order valence-electron chi connectivity index (χ1n) is 7.25. The molecule has 0 spiro atoms. The van der Waals surface area contributed by atoms with Crippen molar-refractivity contribution in [2.24, 2.45) is 0 Å². The van der Waals surface area contributed by atoms with Gasteiger partial charge >= 0.3 is 27.3 Å². The number of hydrogen-bond donors (Lipinski definition) is 0. The van der Waals surface area contributed by atoms with Crippen LogP contribution >= 0.6 is 0 Å². The van der Waals surface area contributed by atoms with E-state index in [9.17, 15) is 70.9 Å². The van der Waals surface area contributed by atoms with E-state index in [0.717, 1.165) is 0 Å². The van der Waals surface area contributed by atoms with Gasteiger partial charge in [0.1, 0.15) is 0 Å². The average molecular weight is 569 g/mol. The average Bonchev–Trinajstić information content (AvgIpc) is 2.67. The van der Waals surface area contributed by atoms with Crippen LogP contribution in [0.2, 0.25) is 0 Å². The zero-order chi connectivity index (χ0) is 24.9. The molecule has 168 valence electrons. The van der Waals surface area contributed by atoms with Crippen LogP contribution in [-0.2, 0) is 27.3 Å². The molecule has 20 nitrogen and oxygen atoms in total. The summed E-state index contributed by atoms with van der Waals surface area (Å²) >= 11 is 0. The summed E-state index contributed by atoms with van der Waals surface area (Å²) in [6.07, 6.45) is 0. The molecule has 0 radical (unpaired) electrons. The first-order chi connectivity index (χ1) is 14.7. The zero-order valence-electron chi connectivity index (χ0n) is 15.4. The van der Waals surface area contributed by atoms with Gasteiger partial charge in [0.2, 0.25) is 0 Å². The van der Waals surface area contributed by atoms with Gasteiger partial charge in [0.05, 0.1) is 65.3 Å². The molecule has 0 aliphatic heterocycles. The Morgan fingerprint density at radius 1 is 0.424 bits per heavy atom. The van der Waals surface area contributed by atoms with Gasteiger partial charge in [0, 0.05) is 0 Å². The van der Waals surface area contributed by atoms with E-state index < -0.39 is 75.2 Å². The molecule has 0 bridgehead atoms. The second-order valence-corrected chi connectivity index (χ2v) is 5.17. The van der Waals surface area contributed by atoms with Crippen molar-refractivity contribution < 1.29 is 67.1 Å². The molecule has 0 saturated heterocycles. The fraction of sp³-hybridized carbons (Fsp3) is 0. The van der Waals surface area contributed by atoms with E-state index in [2.05, 4.69) is 0 Å². The molecule has 21 heteroatoms. The van der Waals surface area contributed by atoms with Crippen molar-refractivity contribution >= 4 is 34.1 Å². The van der Waals surface area contributed by atoms with Gasteiger partial charge in [0.15, 0.2) is 0 Å². The topological polar surface area (TPSA) is 305 Å². The second-order valence-electron chi connectivity index (χ2n) is 5.17. The molecule has 0 aliphatic rings. The van der Waals surface area contributed by atoms with E-state index >= 15 is 0 Å². The van der Waals surface area contributed by atoms with Crippen LogP contribution in [0, 0.1) is 60.7 Å². The molecule has 0 unspecified atom stereocenters. The Bertz CT molecular complexity index is 1020. The van der Waals surface area contributed by atoms with Crippen LogP contribution in [0.1, 0.15) is 0 Å². The van der Waals surface area contributed by atoms with Crippen LogP contribution in [0.4, 0.5) is 34.1 Å². The van der Waals surface area contributed by atoms with Crippen LogP contribution < -0.4 is 10.2 Å². The molecule has 33 heavy (non-hydrogen) atoms. The molecular formula is C12H4CdN6O14. The van der Waals surface area contributed by atoms with E-state index in [4.69, 9.17) is 0 Å². The molecule has 0 aromatic heterocycles. The van der Waals surface area contributed by atoms with Crippen molar-refractivity contribution in [3.63, 3.8) is 0 Å². The van der Waals surface area contributed by atoms with Crippen molar-refractivity contribution in [2.45, 2.75) is 0 Å². The molecule has 0 amide bonds. The zero-order valence-corrected chi connectivity index (χ0v) is 19.5. The third kappa shape index (κ3) is 6.67. The summed E-state index contributed by atoms with van der Waals surface area (Å²) in [5.41, 5.74) is -6.53. The maximum Gasteiger partial charge on any atom is 2.00 e. The summed E-state index contributed by atoms with van der Waals surface area (Å²) in [5.74, 6) is -2.92. The first kappa shape index (κ1) is 28.4. The molecule has 2 rings (SSSR count). The number of nitrogens with zero attached hydrogens (tertiary/aromatic N) is 6. The standard InChI is InChI=1S/2C6H3N3O7.Cd/c2*10-6-4(8(13)14)1-3(7(11)12)2-5(6)9(15)16;/h2*1-2,10H;/q;;+2/p-2. The van der Waals surface area contributed by atoms with E-state index in [-0.39, 0.29) is 27.3 Å². The summed E-state index contributed by atoms with van der Waals surface area (Å²) in [5, 5.41) is 84.2. The number of nitro benzene ring substituents is 6. The first-order valence-corrected chi connectivity index (χ1v) is 7.25. The normalized spacial score (nSPS) is 9.45. The predicted molar refractivity (Wildman–Crippen MR) is 91.7 cm³/mol. The second kappa shape index (κ2) is 11.1. The van der Waals surface area contributed by atoms with Crippen molar-refractivity contribution in [2.75, 3.05) is 0 Å². The minimum absolute atomic E-state index is 0. The number of non-ortho nitro benzene ring substituents is 2. The Morgan fingerprint density at radius 2 is 0.606 bits per heavy atom. The molecule has 0 fully saturated rings. The van der Waals surface area contributed by atoms with Crippen LogP contribution in [-0.4, -0.2) is 29.5 Å². The Balaban J connectivity index is 0.000000602. The van der Waals surface area contributed by atoms with Crippen LogP contribution in [0.5, 0.6) is 11.5 Å². The van der Waals surface area contributed by atoms with Gasteiger partial charge in [-0.2, -0.15) is 0 Å². The van der Waals surface area contributed by atoms with Crippen molar-refractivity contribution in [1.29, 1.82) is 0 Å².